The van der Waals surface area contributed by atoms with E-state index < -0.39 is 15.1 Å². The molecule has 0 heterocycles. The second-order valence-electron chi connectivity index (χ2n) is 2.68. The van der Waals surface area contributed by atoms with Crippen molar-refractivity contribution in [3.05, 3.63) is 28.8 Å². The van der Waals surface area contributed by atoms with E-state index >= 15 is 0 Å². The van der Waals surface area contributed by atoms with Gasteiger partial charge in [0.2, 0.25) is 0 Å². The van der Waals surface area contributed by atoms with Crippen LogP contribution in [-0.4, -0.2) is 18.8 Å². The third-order valence-corrected chi connectivity index (χ3v) is 3.43. The SMILES string of the molecule is Cc1cc(S(=O)(=O)C(=O)O)ccc1Cl. The lowest BCUT2D eigenvalue weighted by atomic mass is 10.2. The molecule has 0 saturated carbocycles. The largest absolute Gasteiger partial charge is 0.469 e. The van der Waals surface area contributed by atoms with Gasteiger partial charge in [-0.3, -0.25) is 0 Å². The summed E-state index contributed by atoms with van der Waals surface area (Å²) in [5.74, 6) is 0. The maximum atomic E-state index is 11.2. The molecule has 1 aromatic carbocycles. The molecule has 0 aromatic heterocycles. The first kappa shape index (κ1) is 11.0. The number of carbonyl (C=O) groups is 1. The van der Waals surface area contributed by atoms with Gasteiger partial charge in [0, 0.05) is 5.02 Å². The average Bonchev–Trinajstić information content (AvgIpc) is 2.09. The second-order valence-corrected chi connectivity index (χ2v) is 4.92. The maximum Gasteiger partial charge on any atom is 0.427 e. The van der Waals surface area contributed by atoms with E-state index in [2.05, 4.69) is 0 Å². The summed E-state index contributed by atoms with van der Waals surface area (Å²) in [5, 5.41) is 6.97. The van der Waals surface area contributed by atoms with Gasteiger partial charge in [-0.15, -0.1) is 0 Å². The van der Waals surface area contributed by atoms with Gasteiger partial charge in [-0.2, -0.15) is 0 Å². The van der Waals surface area contributed by atoms with Gasteiger partial charge in [0.25, 0.3) is 9.84 Å². The fraction of sp³-hybridized carbons (Fsp3) is 0.125. The molecule has 76 valence electrons. The summed E-state index contributed by atoms with van der Waals surface area (Å²) in [4.78, 5) is 10.1. The van der Waals surface area contributed by atoms with Crippen molar-refractivity contribution in [3.8, 4) is 0 Å². The predicted molar refractivity (Wildman–Crippen MR) is 51.4 cm³/mol. The lowest BCUT2D eigenvalue weighted by Crippen LogP contribution is -2.12. The molecular weight excluding hydrogens is 228 g/mol. The van der Waals surface area contributed by atoms with E-state index in [0.717, 1.165) is 0 Å². The summed E-state index contributed by atoms with van der Waals surface area (Å²) in [6, 6.07) is 3.75. The highest BCUT2D eigenvalue weighted by atomic mass is 35.5. The number of hydrogen-bond donors (Lipinski definition) is 1. The molecule has 0 saturated heterocycles. The zero-order valence-electron chi connectivity index (χ0n) is 7.19. The summed E-state index contributed by atoms with van der Waals surface area (Å²) < 4.78 is 22.3. The first-order valence-electron chi connectivity index (χ1n) is 3.60. The van der Waals surface area contributed by atoms with Gasteiger partial charge in [0.15, 0.2) is 0 Å². The first-order valence-corrected chi connectivity index (χ1v) is 5.46. The lowest BCUT2D eigenvalue weighted by molar-refractivity contribution is 0.219. The molecule has 14 heavy (non-hydrogen) atoms. The highest BCUT2D eigenvalue weighted by Gasteiger charge is 2.23. The number of benzene rings is 1. The Bertz CT molecular complexity index is 478. The zero-order valence-corrected chi connectivity index (χ0v) is 8.76. The van der Waals surface area contributed by atoms with E-state index in [4.69, 9.17) is 16.7 Å². The molecule has 1 rings (SSSR count). The van der Waals surface area contributed by atoms with Crippen LogP contribution < -0.4 is 0 Å². The molecule has 6 heteroatoms. The van der Waals surface area contributed by atoms with E-state index in [1.54, 1.807) is 6.92 Å². The number of hydrogen-bond acceptors (Lipinski definition) is 3. The van der Waals surface area contributed by atoms with Crippen LogP contribution in [0.25, 0.3) is 0 Å². The van der Waals surface area contributed by atoms with Gasteiger partial charge in [-0.25, -0.2) is 13.2 Å². The van der Waals surface area contributed by atoms with Crippen molar-refractivity contribution in [3.63, 3.8) is 0 Å². The molecule has 0 radical (unpaired) electrons. The van der Waals surface area contributed by atoms with Crippen molar-refractivity contribution in [2.75, 3.05) is 0 Å². The Morgan fingerprint density at radius 3 is 2.43 bits per heavy atom. The molecule has 0 aliphatic carbocycles. The van der Waals surface area contributed by atoms with Gasteiger partial charge in [-0.1, -0.05) is 11.6 Å². The third kappa shape index (κ3) is 1.88. The van der Waals surface area contributed by atoms with Crippen LogP contribution in [0.4, 0.5) is 4.79 Å². The van der Waals surface area contributed by atoms with Crippen LogP contribution in [0, 0.1) is 6.92 Å². The normalized spacial score (nSPS) is 11.3. The standard InChI is InChI=1S/C8H7ClO4S/c1-5-4-6(2-3-7(5)9)14(12,13)8(10)11/h2-4H,1H3,(H,10,11). The smallest absolute Gasteiger partial charge is 0.427 e. The van der Waals surface area contributed by atoms with Crippen molar-refractivity contribution in [1.82, 2.24) is 0 Å². The van der Waals surface area contributed by atoms with E-state index in [1.165, 1.54) is 18.2 Å². The molecule has 0 unspecified atom stereocenters. The number of carboxylic acid groups (broad SMARTS) is 1. The highest BCUT2D eigenvalue weighted by Crippen LogP contribution is 2.20. The van der Waals surface area contributed by atoms with Gasteiger partial charge in [0.1, 0.15) is 0 Å². The number of halogens is 1. The molecule has 0 aliphatic rings. The van der Waals surface area contributed by atoms with Crippen LogP contribution in [0.5, 0.6) is 0 Å². The topological polar surface area (TPSA) is 71.4 Å². The van der Waals surface area contributed by atoms with Crippen LogP contribution in [0.2, 0.25) is 5.02 Å². The Labute approximate surface area is 86.0 Å². The molecule has 0 fully saturated rings. The van der Waals surface area contributed by atoms with Crippen LogP contribution >= 0.6 is 11.6 Å². The van der Waals surface area contributed by atoms with Gasteiger partial charge in [-0.05, 0) is 30.7 Å². The molecule has 0 atom stereocenters. The molecule has 0 spiro atoms. The minimum atomic E-state index is -4.26. The van der Waals surface area contributed by atoms with Gasteiger partial charge >= 0.3 is 5.30 Å². The lowest BCUT2D eigenvalue weighted by Gasteiger charge is -2.01. The van der Waals surface area contributed by atoms with E-state index in [9.17, 15) is 13.2 Å². The average molecular weight is 235 g/mol. The Morgan fingerprint density at radius 2 is 2.00 bits per heavy atom. The highest BCUT2D eigenvalue weighted by molar-refractivity contribution is 8.05. The Kier molecular flexibility index (Phi) is 2.82. The summed E-state index contributed by atoms with van der Waals surface area (Å²) >= 11 is 5.67. The van der Waals surface area contributed by atoms with Gasteiger partial charge in [0.05, 0.1) is 4.90 Å². The summed E-state index contributed by atoms with van der Waals surface area (Å²) in [5.41, 5.74) is 0.522. The monoisotopic (exact) mass is 234 g/mol. The minimum Gasteiger partial charge on any atom is -0.469 e. The minimum absolute atomic E-state index is 0.257. The molecule has 0 bridgehead atoms. The molecule has 1 aromatic rings. The van der Waals surface area contributed by atoms with E-state index in [-0.39, 0.29) is 4.90 Å². The number of rotatable bonds is 1. The second kappa shape index (κ2) is 3.59. The van der Waals surface area contributed by atoms with Crippen LogP contribution in [0.15, 0.2) is 23.1 Å². The van der Waals surface area contributed by atoms with Crippen LogP contribution in [0.1, 0.15) is 5.56 Å². The summed E-state index contributed by atoms with van der Waals surface area (Å²) in [6.45, 7) is 1.60. The van der Waals surface area contributed by atoms with Crippen molar-refractivity contribution < 1.29 is 18.3 Å². The molecule has 0 amide bonds. The van der Waals surface area contributed by atoms with E-state index in [0.29, 0.717) is 10.6 Å². The van der Waals surface area contributed by atoms with Crippen LogP contribution in [0.3, 0.4) is 0 Å². The number of aryl methyl sites for hydroxylation is 1. The van der Waals surface area contributed by atoms with Crippen molar-refractivity contribution in [2.24, 2.45) is 0 Å². The molecule has 4 nitrogen and oxygen atoms in total. The van der Waals surface area contributed by atoms with Crippen molar-refractivity contribution in [2.45, 2.75) is 11.8 Å². The Hall–Kier alpha value is -1.07. The summed E-state index contributed by atoms with van der Waals surface area (Å²) in [7, 11) is -4.26. The van der Waals surface area contributed by atoms with E-state index in [1.807, 2.05) is 0 Å². The van der Waals surface area contributed by atoms with Crippen molar-refractivity contribution in [1.29, 1.82) is 0 Å². The fourth-order valence-corrected chi connectivity index (χ4v) is 1.78. The van der Waals surface area contributed by atoms with Crippen LogP contribution in [-0.2, 0) is 9.84 Å². The number of sulfone groups is 1. The molecular formula is C8H7ClO4S. The molecule has 1 N–H and O–H groups in total. The van der Waals surface area contributed by atoms with Crippen molar-refractivity contribution >= 4 is 26.7 Å². The third-order valence-electron chi connectivity index (χ3n) is 1.67. The fourth-order valence-electron chi connectivity index (χ4n) is 0.885. The molecule has 0 aliphatic heterocycles. The quantitative estimate of drug-likeness (QED) is 0.808. The summed E-state index contributed by atoms with van der Waals surface area (Å²) in [6.07, 6.45) is 0. The predicted octanol–water partition coefficient (Wildman–Crippen LogP) is 2.10. The Morgan fingerprint density at radius 1 is 1.43 bits per heavy atom. The first-order chi connectivity index (χ1) is 6.35. The van der Waals surface area contributed by atoms with Gasteiger partial charge < -0.3 is 5.11 Å². The maximum absolute atomic E-state index is 11.2. The Balaban J connectivity index is 3.36. The zero-order chi connectivity index (χ0) is 10.9.